The van der Waals surface area contributed by atoms with Gasteiger partial charge in [0.2, 0.25) is 5.88 Å². The first kappa shape index (κ1) is 20.6. The van der Waals surface area contributed by atoms with E-state index in [-0.39, 0.29) is 18.2 Å². The van der Waals surface area contributed by atoms with Crippen LogP contribution in [0.2, 0.25) is 0 Å². The van der Waals surface area contributed by atoms with Gasteiger partial charge >= 0.3 is 6.09 Å². The van der Waals surface area contributed by atoms with E-state index in [0.717, 1.165) is 27.5 Å². The lowest BCUT2D eigenvalue weighted by molar-refractivity contribution is -0.00136. The standard InChI is InChI=1S/C21H27N5O3S/c1-13-10-15(7-9-25(13)20(27)29-21(3,4)5)28-19-17-6-8-23-26(17)12-16(24-19)18-11-22-14(2)30-18/h6,8,11-13,15H,7,9-10H2,1-5H3. The zero-order chi connectivity index (χ0) is 21.5. The summed E-state index contributed by atoms with van der Waals surface area (Å²) in [6, 6.07) is 1.91. The van der Waals surface area contributed by atoms with Crippen molar-refractivity contribution in [3.05, 3.63) is 29.7 Å². The molecule has 3 aromatic rings. The minimum absolute atomic E-state index is 0.0202. The molecule has 160 valence electrons. The lowest BCUT2D eigenvalue weighted by Crippen LogP contribution is -2.49. The smallest absolute Gasteiger partial charge is 0.410 e. The monoisotopic (exact) mass is 429 g/mol. The highest BCUT2D eigenvalue weighted by molar-refractivity contribution is 7.15. The van der Waals surface area contributed by atoms with Crippen LogP contribution in [0, 0.1) is 6.92 Å². The minimum atomic E-state index is -0.503. The molecular formula is C21H27N5O3S. The molecule has 0 spiro atoms. The Bertz CT molecular complexity index is 1050. The Morgan fingerprint density at radius 3 is 2.80 bits per heavy atom. The number of nitrogens with zero attached hydrogens (tertiary/aromatic N) is 5. The Hall–Kier alpha value is -2.68. The number of carbonyl (C=O) groups is 1. The van der Waals surface area contributed by atoms with Crippen LogP contribution in [-0.2, 0) is 4.74 Å². The second-order valence-corrected chi connectivity index (χ2v) is 9.86. The van der Waals surface area contributed by atoms with Gasteiger partial charge in [0.1, 0.15) is 22.9 Å². The topological polar surface area (TPSA) is 81.9 Å². The Morgan fingerprint density at radius 2 is 2.13 bits per heavy atom. The number of likely N-dealkylation sites (tertiary alicyclic amines) is 1. The molecule has 1 saturated heterocycles. The maximum atomic E-state index is 12.5. The van der Waals surface area contributed by atoms with Gasteiger partial charge in [-0.05, 0) is 40.7 Å². The van der Waals surface area contributed by atoms with Crippen LogP contribution in [0.15, 0.2) is 24.7 Å². The first-order valence-corrected chi connectivity index (χ1v) is 10.9. The highest BCUT2D eigenvalue weighted by atomic mass is 32.1. The van der Waals surface area contributed by atoms with Gasteiger partial charge in [0.05, 0.1) is 22.3 Å². The minimum Gasteiger partial charge on any atom is -0.473 e. The predicted octanol–water partition coefficient (Wildman–Crippen LogP) is 4.33. The van der Waals surface area contributed by atoms with E-state index in [1.807, 2.05) is 53.1 Å². The average molecular weight is 430 g/mol. The van der Waals surface area contributed by atoms with Crippen LogP contribution in [0.25, 0.3) is 16.1 Å². The molecule has 1 fully saturated rings. The summed E-state index contributed by atoms with van der Waals surface area (Å²) in [5, 5.41) is 5.35. The van der Waals surface area contributed by atoms with Crippen LogP contribution in [0.3, 0.4) is 0 Å². The molecule has 1 amide bonds. The first-order valence-electron chi connectivity index (χ1n) is 10.1. The Labute approximate surface area is 179 Å². The SMILES string of the molecule is Cc1ncc(-c2cn3nccc3c(OC3CCN(C(=O)OC(C)(C)C)C(C)C3)n2)s1. The van der Waals surface area contributed by atoms with Gasteiger partial charge in [-0.15, -0.1) is 11.3 Å². The van der Waals surface area contributed by atoms with Gasteiger partial charge in [-0.1, -0.05) is 0 Å². The van der Waals surface area contributed by atoms with Gasteiger partial charge in [0.25, 0.3) is 0 Å². The summed E-state index contributed by atoms with van der Waals surface area (Å²) in [6.45, 7) is 10.2. The average Bonchev–Trinajstić information content (AvgIpc) is 3.29. The van der Waals surface area contributed by atoms with E-state index in [1.165, 1.54) is 0 Å². The van der Waals surface area contributed by atoms with E-state index in [0.29, 0.717) is 18.8 Å². The van der Waals surface area contributed by atoms with Gasteiger partial charge in [-0.3, -0.25) is 0 Å². The fourth-order valence-electron chi connectivity index (χ4n) is 3.57. The van der Waals surface area contributed by atoms with Crippen LogP contribution in [0.1, 0.15) is 45.5 Å². The number of thiazole rings is 1. The van der Waals surface area contributed by atoms with Crippen LogP contribution < -0.4 is 4.74 Å². The maximum absolute atomic E-state index is 12.5. The van der Waals surface area contributed by atoms with E-state index in [9.17, 15) is 4.79 Å². The number of hydrogen-bond donors (Lipinski definition) is 0. The molecule has 2 atom stereocenters. The number of aryl methyl sites for hydroxylation is 1. The highest BCUT2D eigenvalue weighted by Gasteiger charge is 2.33. The summed E-state index contributed by atoms with van der Waals surface area (Å²) in [6.07, 6.45) is 6.57. The number of fused-ring (bicyclic) bond motifs is 1. The van der Waals surface area contributed by atoms with Crippen molar-refractivity contribution >= 4 is 22.9 Å². The molecule has 4 rings (SSSR count). The molecule has 0 radical (unpaired) electrons. The molecule has 1 aliphatic rings. The molecule has 8 nitrogen and oxygen atoms in total. The summed E-state index contributed by atoms with van der Waals surface area (Å²) < 4.78 is 13.6. The molecular weight excluding hydrogens is 402 g/mol. The number of rotatable bonds is 3. The summed E-state index contributed by atoms with van der Waals surface area (Å²) >= 11 is 1.59. The molecule has 0 bridgehead atoms. The van der Waals surface area contributed by atoms with Crippen LogP contribution in [0.5, 0.6) is 5.88 Å². The van der Waals surface area contributed by atoms with Crippen molar-refractivity contribution in [1.82, 2.24) is 24.5 Å². The lowest BCUT2D eigenvalue weighted by Gasteiger charge is -2.38. The molecule has 4 heterocycles. The van der Waals surface area contributed by atoms with E-state index in [2.05, 4.69) is 10.1 Å². The molecule has 0 saturated carbocycles. The molecule has 1 aliphatic heterocycles. The Morgan fingerprint density at radius 1 is 1.33 bits per heavy atom. The molecule has 0 aliphatic carbocycles. The summed E-state index contributed by atoms with van der Waals surface area (Å²) in [5.74, 6) is 0.555. The van der Waals surface area contributed by atoms with Gasteiger partial charge < -0.3 is 14.4 Å². The molecule has 9 heteroatoms. The van der Waals surface area contributed by atoms with Gasteiger partial charge in [-0.25, -0.2) is 19.3 Å². The number of amides is 1. The molecule has 0 N–H and O–H groups in total. The second kappa shape index (κ2) is 7.86. The van der Waals surface area contributed by atoms with Crippen LogP contribution in [-0.4, -0.2) is 54.9 Å². The van der Waals surface area contributed by atoms with E-state index < -0.39 is 5.60 Å². The second-order valence-electron chi connectivity index (χ2n) is 8.62. The van der Waals surface area contributed by atoms with Crippen molar-refractivity contribution in [3.63, 3.8) is 0 Å². The Balaban J connectivity index is 1.51. The van der Waals surface area contributed by atoms with Crippen molar-refractivity contribution in [2.45, 2.75) is 65.2 Å². The van der Waals surface area contributed by atoms with Crippen molar-refractivity contribution < 1.29 is 14.3 Å². The normalized spacial score (nSPS) is 19.8. The van der Waals surface area contributed by atoms with E-state index >= 15 is 0 Å². The van der Waals surface area contributed by atoms with Crippen LogP contribution in [0.4, 0.5) is 4.79 Å². The van der Waals surface area contributed by atoms with Crippen molar-refractivity contribution in [1.29, 1.82) is 0 Å². The van der Waals surface area contributed by atoms with Crippen molar-refractivity contribution in [2.75, 3.05) is 6.54 Å². The number of aromatic nitrogens is 4. The number of piperidine rings is 1. The molecule has 0 aromatic carbocycles. The van der Waals surface area contributed by atoms with Gasteiger partial charge in [0, 0.05) is 31.6 Å². The summed E-state index contributed by atoms with van der Waals surface area (Å²) in [7, 11) is 0. The maximum Gasteiger partial charge on any atom is 0.410 e. The first-order chi connectivity index (χ1) is 14.2. The third-order valence-corrected chi connectivity index (χ3v) is 5.90. The zero-order valence-corrected chi connectivity index (χ0v) is 18.8. The number of ether oxygens (including phenoxy) is 2. The molecule has 30 heavy (non-hydrogen) atoms. The largest absolute Gasteiger partial charge is 0.473 e. The number of carbonyl (C=O) groups excluding carboxylic acids is 1. The predicted molar refractivity (Wildman–Crippen MR) is 115 cm³/mol. The fourth-order valence-corrected chi connectivity index (χ4v) is 4.30. The molecule has 2 unspecified atom stereocenters. The fraction of sp³-hybridized carbons (Fsp3) is 0.524. The van der Waals surface area contributed by atoms with Gasteiger partial charge in [-0.2, -0.15) is 5.10 Å². The van der Waals surface area contributed by atoms with Gasteiger partial charge in [0.15, 0.2) is 0 Å². The summed E-state index contributed by atoms with van der Waals surface area (Å²) in [5.41, 5.74) is 1.10. The van der Waals surface area contributed by atoms with E-state index in [1.54, 1.807) is 26.9 Å². The van der Waals surface area contributed by atoms with Crippen molar-refractivity contribution in [2.24, 2.45) is 0 Å². The third kappa shape index (κ3) is 4.40. The summed E-state index contributed by atoms with van der Waals surface area (Å²) in [4.78, 5) is 24.3. The van der Waals surface area contributed by atoms with Crippen LogP contribution >= 0.6 is 11.3 Å². The third-order valence-electron chi connectivity index (χ3n) is 4.96. The van der Waals surface area contributed by atoms with Crippen molar-refractivity contribution in [3.8, 4) is 16.5 Å². The highest BCUT2D eigenvalue weighted by Crippen LogP contribution is 2.30. The Kier molecular flexibility index (Phi) is 5.40. The van der Waals surface area contributed by atoms with E-state index in [4.69, 9.17) is 14.5 Å². The quantitative estimate of drug-likeness (QED) is 0.616. The molecule has 3 aromatic heterocycles. The zero-order valence-electron chi connectivity index (χ0n) is 18.0. The lowest BCUT2D eigenvalue weighted by atomic mass is 10.0. The number of hydrogen-bond acceptors (Lipinski definition) is 7.